The molecule has 12 heteroatoms. The fourth-order valence-electron chi connectivity index (χ4n) is 13.6. The van der Waals surface area contributed by atoms with Crippen LogP contribution in [-0.4, -0.2) is 160 Å². The fraction of sp³-hybridized carbons (Fsp3) is 0.667. The fourth-order valence-corrected chi connectivity index (χ4v) is 13.6. The van der Waals surface area contributed by atoms with Crippen LogP contribution < -0.4 is 31.9 Å². The van der Waals surface area contributed by atoms with Gasteiger partial charge in [-0.25, -0.2) is 0 Å². The molecule has 8 fully saturated rings. The number of likely N-dealkylation sites (tertiary alicyclic amines) is 2. The van der Waals surface area contributed by atoms with Crippen molar-refractivity contribution in [3.8, 4) is 0 Å². The van der Waals surface area contributed by atoms with E-state index in [1.807, 2.05) is 24.3 Å². The van der Waals surface area contributed by atoms with Crippen molar-refractivity contribution < 1.29 is 9.59 Å². The number of benzene rings is 4. The van der Waals surface area contributed by atoms with Crippen molar-refractivity contribution >= 4 is 33.4 Å². The first-order valence-electron chi connectivity index (χ1n) is 30.0. The topological polar surface area (TPSA) is 119 Å². The van der Waals surface area contributed by atoms with Gasteiger partial charge in [0, 0.05) is 106 Å². The molecule has 0 aromatic heterocycles. The van der Waals surface area contributed by atoms with Crippen LogP contribution in [0, 0.1) is 0 Å². The number of hydrogen-bond donors (Lipinski definition) is 6. The Bertz CT molecular complexity index is 2110. The van der Waals surface area contributed by atoms with E-state index in [0.717, 1.165) is 48.0 Å². The maximum Gasteiger partial charge on any atom is 0.258 e. The van der Waals surface area contributed by atoms with Crippen LogP contribution in [0.2, 0.25) is 0 Å². The molecule has 2 saturated carbocycles. The van der Waals surface area contributed by atoms with Crippen molar-refractivity contribution in [1.29, 1.82) is 0 Å². The van der Waals surface area contributed by atoms with Gasteiger partial charge >= 0.3 is 0 Å². The van der Waals surface area contributed by atoms with E-state index in [4.69, 9.17) is 0 Å². The highest BCUT2D eigenvalue weighted by Gasteiger charge is 2.27. The second-order valence-electron chi connectivity index (χ2n) is 22.6. The maximum atomic E-state index is 11.6. The lowest BCUT2D eigenvalue weighted by Crippen LogP contribution is -2.48. The van der Waals surface area contributed by atoms with Gasteiger partial charge in [0.1, 0.15) is 0 Å². The van der Waals surface area contributed by atoms with E-state index in [1.54, 1.807) is 12.1 Å². The van der Waals surface area contributed by atoms with E-state index in [9.17, 15) is 9.59 Å². The molecule has 0 radical (unpaired) electrons. The van der Waals surface area contributed by atoms with Gasteiger partial charge in [-0.1, -0.05) is 129 Å². The molecule has 14 rings (SSSR count). The Balaban J connectivity index is 0.000000171. The normalized spacial score (nSPS) is 22.4. The van der Waals surface area contributed by atoms with Crippen molar-refractivity contribution in [2.24, 2.45) is 0 Å². The Morgan fingerprint density at radius 2 is 0.641 bits per heavy atom. The van der Waals surface area contributed by atoms with Crippen molar-refractivity contribution in [3.63, 3.8) is 0 Å². The molecule has 78 heavy (non-hydrogen) atoms. The third-order valence-corrected chi connectivity index (χ3v) is 17.7. The molecule has 6 saturated heterocycles. The number of amides is 2. The predicted molar refractivity (Wildman–Crippen MR) is 333 cm³/mol. The van der Waals surface area contributed by atoms with Crippen molar-refractivity contribution in [3.05, 3.63) is 95.1 Å². The summed E-state index contributed by atoms with van der Waals surface area (Å²) in [4.78, 5) is 33.9. The van der Waals surface area contributed by atoms with Gasteiger partial charge in [0.2, 0.25) is 0 Å². The first-order chi connectivity index (χ1) is 36.6. The van der Waals surface area contributed by atoms with E-state index < -0.39 is 0 Å². The van der Waals surface area contributed by atoms with Gasteiger partial charge in [-0.05, 0) is 169 Å². The van der Waals surface area contributed by atoms with Crippen LogP contribution in [0.15, 0.2) is 72.8 Å². The number of piperazine rings is 2. The molecule has 436 valence electrons. The molecule has 8 aliphatic heterocycles. The second-order valence-corrected chi connectivity index (χ2v) is 22.6. The average molecular weight is 1080 g/mol. The van der Waals surface area contributed by atoms with E-state index in [-0.39, 0.29) is 41.5 Å². The Morgan fingerprint density at radius 3 is 1.06 bits per heavy atom. The van der Waals surface area contributed by atoms with Crippen molar-refractivity contribution in [2.45, 2.75) is 183 Å². The molecular weight excluding hydrogens is 965 g/mol. The Labute approximate surface area is 474 Å². The quantitative estimate of drug-likeness (QED) is 0.110. The highest BCUT2D eigenvalue weighted by Crippen LogP contribution is 2.28. The van der Waals surface area contributed by atoms with Crippen LogP contribution >= 0.6 is 0 Å². The molecule has 2 amide bonds. The largest absolute Gasteiger partial charge is 0.317 e. The van der Waals surface area contributed by atoms with E-state index >= 15 is 0 Å². The van der Waals surface area contributed by atoms with E-state index in [0.29, 0.717) is 11.1 Å². The number of piperidine rings is 3. The number of carbonyl (C=O) groups is 2. The SMILES string of the molecule is C.C.C.C.C1CCC(N2CCNCC2)C1.C1CCC(N2CCNCC2)CC1.C1CCN(C2CCNCC2)C1.C1CCN(C2CCNCC2)CC1.O=C1NC(=O)c2cccc3cccc1c23.c1cc2c3c(cccc3c1)CNC2. The molecule has 0 atom stereocenters. The van der Waals surface area contributed by atoms with Gasteiger partial charge in [-0.15, -0.1) is 0 Å². The van der Waals surface area contributed by atoms with Crippen LogP contribution in [0.4, 0.5) is 0 Å². The molecule has 0 bridgehead atoms. The maximum absolute atomic E-state index is 11.6. The molecule has 4 aromatic carbocycles. The van der Waals surface area contributed by atoms with Crippen LogP contribution in [0.25, 0.3) is 21.5 Å². The molecule has 0 unspecified atom stereocenters. The smallest absolute Gasteiger partial charge is 0.258 e. The summed E-state index contributed by atoms with van der Waals surface area (Å²) in [5, 5.41) is 23.9. The van der Waals surface area contributed by atoms with Crippen LogP contribution in [-0.2, 0) is 13.1 Å². The minimum absolute atomic E-state index is 0. The van der Waals surface area contributed by atoms with Gasteiger partial charge in [0.15, 0.2) is 0 Å². The number of nitrogens with one attached hydrogen (secondary N) is 6. The number of rotatable bonds is 4. The van der Waals surface area contributed by atoms with Gasteiger partial charge in [-0.2, -0.15) is 0 Å². The molecule has 12 nitrogen and oxygen atoms in total. The van der Waals surface area contributed by atoms with Gasteiger partial charge in [-0.3, -0.25) is 24.7 Å². The highest BCUT2D eigenvalue weighted by atomic mass is 16.2. The van der Waals surface area contributed by atoms with E-state index in [1.165, 1.54) is 242 Å². The zero-order valence-electron chi connectivity index (χ0n) is 45.3. The monoisotopic (exact) mass is 1070 g/mol. The highest BCUT2D eigenvalue weighted by molar-refractivity contribution is 6.25. The van der Waals surface area contributed by atoms with E-state index in [2.05, 4.69) is 87.9 Å². The summed E-state index contributed by atoms with van der Waals surface area (Å²) in [5.74, 6) is -0.631. The zero-order chi connectivity index (χ0) is 50.6. The van der Waals surface area contributed by atoms with Gasteiger partial charge in [0.25, 0.3) is 11.8 Å². The molecular formula is C66H110N10O2. The zero-order valence-corrected chi connectivity index (χ0v) is 45.3. The number of carbonyl (C=O) groups excluding carboxylic acids is 2. The standard InChI is InChI=1S/C12H7NO2.C12H11N.2C10H20N2.2C9H18N2.4CH4/c14-11-8-5-1-3-7-4-2-6-9(10(7)8)12(15)13-11;1-3-9-4-2-6-11-8-13-7-10(5-1)12(9)11;1-2-8-12(9-3-1)10-4-6-11-7-5-10;1-2-4-10(5-3-1)12-8-6-11-7-9-12;1-2-8-11(7-1)9-3-5-10-6-4-9;1-2-4-9(3-1)11-7-5-10-6-8-11;;;;/h1-6H,(H,13,14,15);1-6,13H,7-8H2;2*10-11H,1-9H2;2*9-10H,1-8H2;4*1H4. The minimum atomic E-state index is -0.315. The summed E-state index contributed by atoms with van der Waals surface area (Å²) in [5.41, 5.74) is 4.00. The van der Waals surface area contributed by atoms with Crippen LogP contribution in [0.1, 0.15) is 177 Å². The Hall–Kier alpha value is -3.82. The lowest BCUT2D eigenvalue weighted by Gasteiger charge is -2.36. The predicted octanol–water partition coefficient (Wildman–Crippen LogP) is 10.8. The first kappa shape index (κ1) is 65.0. The van der Waals surface area contributed by atoms with Gasteiger partial charge < -0.3 is 36.4 Å². The van der Waals surface area contributed by atoms with Crippen LogP contribution in [0.3, 0.4) is 0 Å². The summed E-state index contributed by atoms with van der Waals surface area (Å²) in [6.07, 6.45) is 25.9. The summed E-state index contributed by atoms with van der Waals surface area (Å²) in [6, 6.07) is 27.6. The third-order valence-electron chi connectivity index (χ3n) is 17.7. The lowest BCUT2D eigenvalue weighted by molar-refractivity contribution is 0.0844. The first-order valence-corrected chi connectivity index (χ1v) is 30.0. The molecule has 2 aliphatic carbocycles. The van der Waals surface area contributed by atoms with Crippen molar-refractivity contribution in [1.82, 2.24) is 51.5 Å². The third kappa shape index (κ3) is 18.6. The summed E-state index contributed by atoms with van der Waals surface area (Å²) in [6.45, 7) is 22.4. The van der Waals surface area contributed by atoms with Gasteiger partial charge in [0.05, 0.1) is 0 Å². The number of hydrogen-bond acceptors (Lipinski definition) is 11. The summed E-state index contributed by atoms with van der Waals surface area (Å²) >= 11 is 0. The Morgan fingerprint density at radius 1 is 0.321 bits per heavy atom. The van der Waals surface area contributed by atoms with Crippen LogP contribution in [0.5, 0.6) is 0 Å². The van der Waals surface area contributed by atoms with Crippen molar-refractivity contribution in [2.75, 3.05) is 105 Å². The molecule has 0 spiro atoms. The number of nitrogens with zero attached hydrogens (tertiary/aromatic N) is 4. The Kier molecular flexibility index (Phi) is 29.3. The average Bonchev–Trinajstić information content (AvgIpc) is 4.32. The minimum Gasteiger partial charge on any atom is -0.317 e. The molecule has 8 heterocycles. The summed E-state index contributed by atoms with van der Waals surface area (Å²) in [7, 11) is 0. The molecule has 4 aromatic rings. The second kappa shape index (κ2) is 35.1. The molecule has 6 N–H and O–H groups in total. The lowest BCUT2D eigenvalue weighted by atomic mass is 9.94. The number of imide groups is 1. The summed E-state index contributed by atoms with van der Waals surface area (Å²) < 4.78 is 0. The molecule has 10 aliphatic rings.